The van der Waals surface area contributed by atoms with Gasteiger partial charge in [-0.25, -0.2) is 13.2 Å². The molecule has 0 saturated carbocycles. The van der Waals surface area contributed by atoms with E-state index < -0.39 is 17.5 Å². The molecule has 2 aromatic rings. The Bertz CT molecular complexity index is 672. The van der Waals surface area contributed by atoms with Crippen LogP contribution in [0.1, 0.15) is 11.1 Å². The second-order valence-corrected chi connectivity index (χ2v) is 4.88. The molecule has 0 aliphatic carbocycles. The van der Waals surface area contributed by atoms with Crippen molar-refractivity contribution in [1.29, 1.82) is 5.26 Å². The third kappa shape index (κ3) is 3.11. The molecule has 1 N–H and O–H groups in total. The first-order chi connectivity index (χ1) is 9.51. The van der Waals surface area contributed by atoms with E-state index in [1.165, 1.54) is 18.2 Å². The van der Waals surface area contributed by atoms with Crippen molar-refractivity contribution in [1.82, 2.24) is 0 Å². The minimum atomic E-state index is -0.737. The number of nitrogens with one attached hydrogen (secondary N) is 1. The van der Waals surface area contributed by atoms with Gasteiger partial charge >= 0.3 is 0 Å². The molecule has 0 aliphatic heterocycles. The molecule has 0 heterocycles. The second kappa shape index (κ2) is 5.97. The number of halogens is 4. The van der Waals surface area contributed by atoms with Gasteiger partial charge in [0.15, 0.2) is 0 Å². The van der Waals surface area contributed by atoms with Gasteiger partial charge in [-0.3, -0.25) is 0 Å². The van der Waals surface area contributed by atoms with Crippen LogP contribution in [-0.4, -0.2) is 0 Å². The number of benzene rings is 2. The first-order valence-electron chi connectivity index (χ1n) is 5.58. The number of nitriles is 1. The summed E-state index contributed by atoms with van der Waals surface area (Å²) in [6.07, 6.45) is 0. The number of nitrogens with zero attached hydrogens (tertiary/aromatic N) is 1. The van der Waals surface area contributed by atoms with E-state index >= 15 is 0 Å². The van der Waals surface area contributed by atoms with Crippen LogP contribution < -0.4 is 5.32 Å². The molecule has 0 bridgehead atoms. The molecule has 20 heavy (non-hydrogen) atoms. The molecule has 2 rings (SSSR count). The second-order valence-electron chi connectivity index (χ2n) is 4.02. The summed E-state index contributed by atoms with van der Waals surface area (Å²) in [6.45, 7) is 0.177. The van der Waals surface area contributed by atoms with Gasteiger partial charge in [0.05, 0.1) is 11.3 Å². The molecule has 0 saturated heterocycles. The quantitative estimate of drug-likeness (QED) is 0.901. The van der Waals surface area contributed by atoms with Crippen LogP contribution in [0.4, 0.5) is 18.9 Å². The van der Waals surface area contributed by atoms with Crippen LogP contribution in [0, 0.1) is 28.8 Å². The Kier molecular flexibility index (Phi) is 4.30. The molecule has 6 heteroatoms. The molecule has 0 fully saturated rings. The van der Waals surface area contributed by atoms with E-state index in [4.69, 9.17) is 5.26 Å². The maximum atomic E-state index is 13.6. The highest BCUT2D eigenvalue weighted by atomic mass is 79.9. The fourth-order valence-corrected chi connectivity index (χ4v) is 2.22. The van der Waals surface area contributed by atoms with E-state index in [0.717, 1.165) is 12.1 Å². The number of hydrogen-bond acceptors (Lipinski definition) is 2. The van der Waals surface area contributed by atoms with Crippen molar-refractivity contribution in [2.24, 2.45) is 0 Å². The molecule has 0 amide bonds. The summed E-state index contributed by atoms with van der Waals surface area (Å²) < 4.78 is 39.9. The molecule has 102 valence electrons. The molecular formula is C14H8BrF3N2. The molecule has 2 nitrogen and oxygen atoms in total. The van der Waals surface area contributed by atoms with Crippen LogP contribution in [0.2, 0.25) is 0 Å². The molecule has 0 aliphatic rings. The summed E-state index contributed by atoms with van der Waals surface area (Å²) in [5.41, 5.74) is 0.635. The van der Waals surface area contributed by atoms with Gasteiger partial charge in [0.2, 0.25) is 0 Å². The average molecular weight is 341 g/mol. The standard InChI is InChI=1S/C14H8BrF3N2/c15-11-4-10(16)5-13(18)14(11)20-7-8-1-2-12(17)9(3-8)6-19/h1-5,20H,7H2. The van der Waals surface area contributed by atoms with Crippen LogP contribution in [0.25, 0.3) is 0 Å². The smallest absolute Gasteiger partial charge is 0.150 e. The van der Waals surface area contributed by atoms with E-state index in [1.807, 2.05) is 0 Å². The van der Waals surface area contributed by atoms with Gasteiger partial charge in [-0.2, -0.15) is 5.26 Å². The highest BCUT2D eigenvalue weighted by Gasteiger charge is 2.10. The van der Waals surface area contributed by atoms with Crippen molar-refractivity contribution in [3.8, 4) is 6.07 Å². The third-order valence-corrected chi connectivity index (χ3v) is 3.25. The Balaban J connectivity index is 2.20. The van der Waals surface area contributed by atoms with Crippen molar-refractivity contribution in [3.63, 3.8) is 0 Å². The summed E-state index contributed by atoms with van der Waals surface area (Å²) in [6, 6.07) is 7.66. The van der Waals surface area contributed by atoms with E-state index in [-0.39, 0.29) is 22.3 Å². The van der Waals surface area contributed by atoms with Crippen LogP contribution in [0.15, 0.2) is 34.8 Å². The lowest BCUT2D eigenvalue weighted by Crippen LogP contribution is -2.03. The topological polar surface area (TPSA) is 35.8 Å². The lowest BCUT2D eigenvalue weighted by molar-refractivity contribution is 0.583. The number of rotatable bonds is 3. The van der Waals surface area contributed by atoms with Gasteiger partial charge in [0, 0.05) is 17.1 Å². The van der Waals surface area contributed by atoms with Gasteiger partial charge in [-0.05, 0) is 39.7 Å². The van der Waals surface area contributed by atoms with Crippen molar-refractivity contribution in [2.75, 3.05) is 5.32 Å². The summed E-state index contributed by atoms with van der Waals surface area (Å²) in [4.78, 5) is 0. The predicted molar refractivity (Wildman–Crippen MR) is 72.5 cm³/mol. The van der Waals surface area contributed by atoms with Gasteiger partial charge < -0.3 is 5.32 Å². The first-order valence-corrected chi connectivity index (χ1v) is 6.37. The zero-order valence-electron chi connectivity index (χ0n) is 10.1. The predicted octanol–water partition coefficient (Wildman–Crippen LogP) is 4.35. The fraction of sp³-hybridized carbons (Fsp3) is 0.0714. The third-order valence-electron chi connectivity index (χ3n) is 2.63. The van der Waals surface area contributed by atoms with E-state index in [1.54, 1.807) is 6.07 Å². The summed E-state index contributed by atoms with van der Waals surface area (Å²) in [5.74, 6) is -2.03. The zero-order chi connectivity index (χ0) is 14.7. The summed E-state index contributed by atoms with van der Waals surface area (Å²) in [5, 5.41) is 11.5. The van der Waals surface area contributed by atoms with Crippen LogP contribution >= 0.6 is 15.9 Å². The normalized spacial score (nSPS) is 10.2. The average Bonchev–Trinajstić information content (AvgIpc) is 2.39. The van der Waals surface area contributed by atoms with Crippen molar-refractivity contribution < 1.29 is 13.2 Å². The SMILES string of the molecule is N#Cc1cc(CNc2c(F)cc(F)cc2Br)ccc1F. The minimum Gasteiger partial charge on any atom is -0.378 e. The Morgan fingerprint density at radius 2 is 1.85 bits per heavy atom. The summed E-state index contributed by atoms with van der Waals surface area (Å²) in [7, 11) is 0. The lowest BCUT2D eigenvalue weighted by Gasteiger charge is -2.10. The highest BCUT2D eigenvalue weighted by Crippen LogP contribution is 2.27. The highest BCUT2D eigenvalue weighted by molar-refractivity contribution is 9.10. The Labute approximate surface area is 122 Å². The van der Waals surface area contributed by atoms with Gasteiger partial charge in [0.25, 0.3) is 0 Å². The zero-order valence-corrected chi connectivity index (χ0v) is 11.6. The number of anilines is 1. The number of hydrogen-bond donors (Lipinski definition) is 1. The molecule has 0 unspecified atom stereocenters. The monoisotopic (exact) mass is 340 g/mol. The Hall–Kier alpha value is -2.00. The van der Waals surface area contributed by atoms with E-state index in [2.05, 4.69) is 21.2 Å². The molecule has 0 spiro atoms. The van der Waals surface area contributed by atoms with Gasteiger partial charge in [-0.1, -0.05) is 6.07 Å². The largest absolute Gasteiger partial charge is 0.378 e. The molecule has 2 aromatic carbocycles. The van der Waals surface area contributed by atoms with Crippen molar-refractivity contribution in [2.45, 2.75) is 6.54 Å². The van der Waals surface area contributed by atoms with Gasteiger partial charge in [-0.15, -0.1) is 0 Å². The van der Waals surface area contributed by atoms with Crippen LogP contribution in [0.5, 0.6) is 0 Å². The van der Waals surface area contributed by atoms with Gasteiger partial charge in [0.1, 0.15) is 23.5 Å². The first kappa shape index (κ1) is 14.4. The minimum absolute atomic E-state index is 0.0806. The van der Waals surface area contributed by atoms with Crippen LogP contribution in [-0.2, 0) is 6.54 Å². The van der Waals surface area contributed by atoms with E-state index in [0.29, 0.717) is 5.56 Å². The lowest BCUT2D eigenvalue weighted by atomic mass is 10.1. The molecular weight excluding hydrogens is 333 g/mol. The van der Waals surface area contributed by atoms with E-state index in [9.17, 15) is 13.2 Å². The molecule has 0 aromatic heterocycles. The molecule has 0 radical (unpaired) electrons. The maximum Gasteiger partial charge on any atom is 0.150 e. The van der Waals surface area contributed by atoms with Crippen molar-refractivity contribution in [3.05, 3.63) is 63.4 Å². The Morgan fingerprint density at radius 3 is 2.50 bits per heavy atom. The fourth-order valence-electron chi connectivity index (χ4n) is 1.67. The van der Waals surface area contributed by atoms with Crippen molar-refractivity contribution >= 4 is 21.6 Å². The summed E-state index contributed by atoms with van der Waals surface area (Å²) >= 11 is 3.06. The molecule has 0 atom stereocenters. The van der Waals surface area contributed by atoms with Crippen LogP contribution in [0.3, 0.4) is 0 Å². The maximum absolute atomic E-state index is 13.6. The Morgan fingerprint density at radius 1 is 1.10 bits per heavy atom.